The van der Waals surface area contributed by atoms with Crippen LogP contribution in [0.25, 0.3) is 0 Å². The minimum Gasteiger partial charge on any atom is -0.340 e. The Morgan fingerprint density at radius 1 is 1.27 bits per heavy atom. The van der Waals surface area contributed by atoms with Crippen molar-refractivity contribution in [3.05, 3.63) is 35.4 Å². The maximum Gasteiger partial charge on any atom is 0.233 e. The van der Waals surface area contributed by atoms with E-state index in [2.05, 4.69) is 41.4 Å². The Kier molecular flexibility index (Phi) is 4.53. The van der Waals surface area contributed by atoms with Crippen molar-refractivity contribution in [1.82, 2.24) is 10.2 Å². The van der Waals surface area contributed by atoms with Crippen LogP contribution in [-0.2, 0) is 10.2 Å². The van der Waals surface area contributed by atoms with Crippen LogP contribution in [0.15, 0.2) is 24.3 Å². The minimum atomic E-state index is -0.262. The number of aryl methyl sites for hydroxylation is 1. The third kappa shape index (κ3) is 2.79. The van der Waals surface area contributed by atoms with E-state index in [1.165, 1.54) is 30.4 Å². The number of hydrogen-bond donors (Lipinski definition) is 1. The first-order chi connectivity index (χ1) is 10.7. The van der Waals surface area contributed by atoms with Gasteiger partial charge in [-0.15, -0.1) is 0 Å². The highest BCUT2D eigenvalue weighted by Crippen LogP contribution is 2.43. The Labute approximate surface area is 134 Å². The third-order valence-corrected chi connectivity index (χ3v) is 5.55. The smallest absolute Gasteiger partial charge is 0.233 e. The fourth-order valence-electron chi connectivity index (χ4n) is 4.25. The van der Waals surface area contributed by atoms with E-state index in [0.29, 0.717) is 11.9 Å². The molecule has 1 amide bonds. The van der Waals surface area contributed by atoms with Crippen molar-refractivity contribution >= 4 is 5.91 Å². The van der Waals surface area contributed by atoms with E-state index in [-0.39, 0.29) is 5.41 Å². The predicted octanol–water partition coefficient (Wildman–Crippen LogP) is 3.02. The molecule has 1 atom stereocenters. The van der Waals surface area contributed by atoms with E-state index < -0.39 is 0 Å². The summed E-state index contributed by atoms with van der Waals surface area (Å²) < 4.78 is 0. The summed E-state index contributed by atoms with van der Waals surface area (Å²) in [6, 6.07) is 9.06. The Hall–Kier alpha value is -1.35. The number of hydrogen-bond acceptors (Lipinski definition) is 2. The van der Waals surface area contributed by atoms with Gasteiger partial charge in [0.2, 0.25) is 5.91 Å². The molecule has 0 bridgehead atoms. The van der Waals surface area contributed by atoms with Gasteiger partial charge < -0.3 is 10.2 Å². The standard InChI is InChI=1S/C19H28N2O/c1-15-7-5-8-16(13-15)19(10-3-4-11-19)18(22)21-12-6-9-17(14-21)20-2/h5,7-8,13,17,20H,3-4,6,9-12,14H2,1-2H3. The van der Waals surface area contributed by atoms with E-state index in [0.717, 1.165) is 32.4 Å². The lowest BCUT2D eigenvalue weighted by atomic mass is 9.76. The fraction of sp³-hybridized carbons (Fsp3) is 0.632. The van der Waals surface area contributed by atoms with Crippen LogP contribution in [-0.4, -0.2) is 37.0 Å². The topological polar surface area (TPSA) is 32.3 Å². The van der Waals surface area contributed by atoms with Crippen molar-refractivity contribution in [3.8, 4) is 0 Å². The minimum absolute atomic E-state index is 0.262. The summed E-state index contributed by atoms with van der Waals surface area (Å²) in [5.74, 6) is 0.371. The summed E-state index contributed by atoms with van der Waals surface area (Å²) in [6.07, 6.45) is 6.65. The number of nitrogens with zero attached hydrogens (tertiary/aromatic N) is 1. The summed E-state index contributed by atoms with van der Waals surface area (Å²) in [4.78, 5) is 15.5. The average Bonchev–Trinajstić information content (AvgIpc) is 3.05. The number of carbonyl (C=O) groups is 1. The molecule has 1 unspecified atom stereocenters. The van der Waals surface area contributed by atoms with Gasteiger partial charge in [-0.25, -0.2) is 0 Å². The van der Waals surface area contributed by atoms with Crippen molar-refractivity contribution in [2.45, 2.75) is 56.9 Å². The van der Waals surface area contributed by atoms with Gasteiger partial charge in [0, 0.05) is 19.1 Å². The number of rotatable bonds is 3. The first-order valence-corrected chi connectivity index (χ1v) is 8.69. The predicted molar refractivity (Wildman–Crippen MR) is 90.0 cm³/mol. The summed E-state index contributed by atoms with van der Waals surface area (Å²) in [5.41, 5.74) is 2.23. The second-order valence-corrected chi connectivity index (χ2v) is 7.04. The lowest BCUT2D eigenvalue weighted by Crippen LogP contribution is -2.52. The Balaban J connectivity index is 1.89. The van der Waals surface area contributed by atoms with Crippen LogP contribution in [0.3, 0.4) is 0 Å². The molecule has 1 saturated heterocycles. The molecular weight excluding hydrogens is 272 g/mol. The van der Waals surface area contributed by atoms with Gasteiger partial charge in [0.1, 0.15) is 0 Å². The van der Waals surface area contributed by atoms with Crippen molar-refractivity contribution in [3.63, 3.8) is 0 Å². The zero-order valence-electron chi connectivity index (χ0n) is 13.9. The number of piperidine rings is 1. The third-order valence-electron chi connectivity index (χ3n) is 5.55. The van der Waals surface area contributed by atoms with Crippen molar-refractivity contribution in [2.75, 3.05) is 20.1 Å². The number of likely N-dealkylation sites (N-methyl/N-ethyl adjacent to an activating group) is 1. The largest absolute Gasteiger partial charge is 0.340 e. The normalized spacial score (nSPS) is 24.5. The average molecular weight is 300 g/mol. The molecule has 3 nitrogen and oxygen atoms in total. The second-order valence-electron chi connectivity index (χ2n) is 7.04. The van der Waals surface area contributed by atoms with Crippen molar-refractivity contribution in [2.24, 2.45) is 0 Å². The van der Waals surface area contributed by atoms with Crippen LogP contribution in [0.2, 0.25) is 0 Å². The SMILES string of the molecule is CNC1CCCN(C(=O)C2(c3cccc(C)c3)CCCC2)C1. The van der Waals surface area contributed by atoms with Gasteiger partial charge in [-0.3, -0.25) is 4.79 Å². The van der Waals surface area contributed by atoms with Gasteiger partial charge in [0.15, 0.2) is 0 Å². The highest BCUT2D eigenvalue weighted by Gasteiger charge is 2.45. The van der Waals surface area contributed by atoms with E-state index >= 15 is 0 Å². The Morgan fingerprint density at radius 2 is 2.05 bits per heavy atom. The molecule has 0 spiro atoms. The first-order valence-electron chi connectivity index (χ1n) is 8.69. The first kappa shape index (κ1) is 15.5. The molecule has 1 aromatic rings. The fourth-order valence-corrected chi connectivity index (χ4v) is 4.25. The number of likely N-dealkylation sites (tertiary alicyclic amines) is 1. The van der Waals surface area contributed by atoms with Crippen LogP contribution in [0, 0.1) is 6.92 Å². The highest BCUT2D eigenvalue weighted by atomic mass is 16.2. The van der Waals surface area contributed by atoms with Crippen LogP contribution in [0.5, 0.6) is 0 Å². The van der Waals surface area contributed by atoms with Gasteiger partial charge in [-0.2, -0.15) is 0 Å². The van der Waals surface area contributed by atoms with Gasteiger partial charge in [0.05, 0.1) is 5.41 Å². The lowest BCUT2D eigenvalue weighted by molar-refractivity contribution is -0.138. The molecule has 1 aliphatic heterocycles. The maximum atomic E-state index is 13.4. The molecule has 0 radical (unpaired) electrons. The molecule has 3 rings (SSSR count). The van der Waals surface area contributed by atoms with E-state index in [1.54, 1.807) is 0 Å². The number of benzene rings is 1. The summed E-state index contributed by atoms with van der Waals surface area (Å²) in [6.45, 7) is 3.90. The second kappa shape index (κ2) is 6.41. The summed E-state index contributed by atoms with van der Waals surface area (Å²) >= 11 is 0. The molecule has 1 aliphatic carbocycles. The van der Waals surface area contributed by atoms with E-state index in [4.69, 9.17) is 0 Å². The zero-order chi connectivity index (χ0) is 15.6. The molecule has 0 aromatic heterocycles. The molecule has 120 valence electrons. The van der Waals surface area contributed by atoms with Crippen LogP contribution in [0.1, 0.15) is 49.7 Å². The molecule has 1 N–H and O–H groups in total. The molecule has 1 saturated carbocycles. The van der Waals surface area contributed by atoms with E-state index in [1.807, 2.05) is 7.05 Å². The van der Waals surface area contributed by atoms with Gasteiger partial charge in [-0.05, 0) is 45.2 Å². The molecule has 2 fully saturated rings. The number of amides is 1. The van der Waals surface area contributed by atoms with Crippen LogP contribution in [0.4, 0.5) is 0 Å². The number of nitrogens with one attached hydrogen (secondary N) is 1. The molecule has 1 heterocycles. The van der Waals surface area contributed by atoms with Gasteiger partial charge in [0.25, 0.3) is 0 Å². The van der Waals surface area contributed by atoms with Crippen LogP contribution < -0.4 is 5.32 Å². The summed E-state index contributed by atoms with van der Waals surface area (Å²) in [5, 5.41) is 3.35. The molecular formula is C19H28N2O. The molecule has 3 heteroatoms. The maximum absolute atomic E-state index is 13.4. The van der Waals surface area contributed by atoms with E-state index in [9.17, 15) is 4.79 Å². The molecule has 22 heavy (non-hydrogen) atoms. The quantitative estimate of drug-likeness (QED) is 0.930. The van der Waals surface area contributed by atoms with Crippen LogP contribution >= 0.6 is 0 Å². The molecule has 1 aromatic carbocycles. The molecule has 2 aliphatic rings. The zero-order valence-corrected chi connectivity index (χ0v) is 13.9. The van der Waals surface area contributed by atoms with Crippen molar-refractivity contribution in [1.29, 1.82) is 0 Å². The van der Waals surface area contributed by atoms with Crippen molar-refractivity contribution < 1.29 is 4.79 Å². The monoisotopic (exact) mass is 300 g/mol. The van der Waals surface area contributed by atoms with Gasteiger partial charge in [-0.1, -0.05) is 42.7 Å². The lowest BCUT2D eigenvalue weighted by Gasteiger charge is -2.39. The number of carbonyl (C=O) groups excluding carboxylic acids is 1. The Bertz CT molecular complexity index is 534. The highest BCUT2D eigenvalue weighted by molar-refractivity contribution is 5.89. The Morgan fingerprint density at radius 3 is 2.73 bits per heavy atom. The van der Waals surface area contributed by atoms with Gasteiger partial charge >= 0.3 is 0 Å². The summed E-state index contributed by atoms with van der Waals surface area (Å²) in [7, 11) is 2.00.